The molecule has 0 atom stereocenters. The van der Waals surface area contributed by atoms with Crippen molar-refractivity contribution in [3.05, 3.63) is 42.1 Å². The van der Waals surface area contributed by atoms with Crippen molar-refractivity contribution in [1.29, 1.82) is 0 Å². The molecule has 2 aliphatic rings. The molecule has 1 aromatic heterocycles. The number of ether oxygens (including phenoxy) is 1. The maximum atomic E-state index is 14.0. The molecule has 7 nitrogen and oxygen atoms in total. The molecule has 30 heavy (non-hydrogen) atoms. The molecule has 8 heteroatoms. The summed E-state index contributed by atoms with van der Waals surface area (Å²) in [5.74, 6) is 0.539. The third-order valence-electron chi connectivity index (χ3n) is 5.97. The number of carbonyl (C=O) groups is 1. The molecule has 1 aliphatic heterocycles. The highest BCUT2D eigenvalue weighted by Gasteiger charge is 2.52. The summed E-state index contributed by atoms with van der Waals surface area (Å²) in [4.78, 5) is 25.2. The first-order valence-electron chi connectivity index (χ1n) is 10.3. The minimum Gasteiger partial charge on any atom is -0.451 e. The van der Waals surface area contributed by atoms with Gasteiger partial charge in [0, 0.05) is 31.1 Å². The van der Waals surface area contributed by atoms with Crippen LogP contribution in [0.3, 0.4) is 0 Å². The lowest BCUT2D eigenvalue weighted by molar-refractivity contribution is -0.0495. The van der Waals surface area contributed by atoms with Crippen LogP contribution in [0, 0.1) is 11.2 Å². The Morgan fingerprint density at radius 1 is 1.37 bits per heavy atom. The Hall–Kier alpha value is -2.74. The zero-order valence-corrected chi connectivity index (χ0v) is 17.5. The Bertz CT molecular complexity index is 938. The number of hydrogen-bond donors (Lipinski definition) is 1. The van der Waals surface area contributed by atoms with Gasteiger partial charge in [0.2, 0.25) is 0 Å². The van der Waals surface area contributed by atoms with Crippen LogP contribution in [0.25, 0.3) is 0 Å². The number of hydrogen-bond acceptors (Lipinski definition) is 6. The fraction of sp³-hybridized carbons (Fsp3) is 0.500. The predicted octanol–water partition coefficient (Wildman–Crippen LogP) is 3.24. The van der Waals surface area contributed by atoms with Gasteiger partial charge in [0.05, 0.1) is 17.9 Å². The van der Waals surface area contributed by atoms with E-state index in [-0.39, 0.29) is 34.8 Å². The highest BCUT2D eigenvalue weighted by molar-refractivity contribution is 5.97. The van der Waals surface area contributed by atoms with E-state index in [9.17, 15) is 14.3 Å². The number of aliphatic hydroxyl groups is 1. The number of aromatic nitrogens is 2. The molecule has 0 radical (unpaired) electrons. The Morgan fingerprint density at radius 2 is 2.10 bits per heavy atom. The number of nitrogens with zero attached hydrogens (tertiary/aromatic N) is 4. The van der Waals surface area contributed by atoms with Crippen molar-refractivity contribution < 1.29 is 19.0 Å². The van der Waals surface area contributed by atoms with Crippen molar-refractivity contribution in [3.63, 3.8) is 0 Å². The number of halogens is 1. The summed E-state index contributed by atoms with van der Waals surface area (Å²) in [6, 6.07) is 3.92. The van der Waals surface area contributed by atoms with Gasteiger partial charge in [-0.15, -0.1) is 0 Å². The van der Waals surface area contributed by atoms with Crippen molar-refractivity contribution in [2.24, 2.45) is 5.41 Å². The predicted molar refractivity (Wildman–Crippen MR) is 110 cm³/mol. The number of benzene rings is 1. The lowest BCUT2D eigenvalue weighted by Gasteiger charge is -2.58. The van der Waals surface area contributed by atoms with Gasteiger partial charge in [-0.3, -0.25) is 4.79 Å². The maximum Gasteiger partial charge on any atom is 0.257 e. The van der Waals surface area contributed by atoms with Gasteiger partial charge < -0.3 is 19.6 Å². The third kappa shape index (κ3) is 3.71. The van der Waals surface area contributed by atoms with Crippen LogP contribution >= 0.6 is 0 Å². The molecule has 1 saturated heterocycles. The van der Waals surface area contributed by atoms with E-state index in [1.807, 2.05) is 20.8 Å². The molecule has 2 fully saturated rings. The Balaban J connectivity index is 1.59. The minimum atomic E-state index is -0.497. The second kappa shape index (κ2) is 7.83. The number of anilines is 1. The highest BCUT2D eigenvalue weighted by Crippen LogP contribution is 2.50. The first kappa shape index (κ1) is 20.5. The van der Waals surface area contributed by atoms with E-state index in [0.29, 0.717) is 18.1 Å². The summed E-state index contributed by atoms with van der Waals surface area (Å²) in [6.45, 7) is 7.82. The summed E-state index contributed by atoms with van der Waals surface area (Å²) < 4.78 is 20.0. The zero-order valence-electron chi connectivity index (χ0n) is 17.5. The van der Waals surface area contributed by atoms with E-state index in [2.05, 4.69) is 14.9 Å². The third-order valence-corrected chi connectivity index (χ3v) is 5.97. The van der Waals surface area contributed by atoms with Crippen LogP contribution in [-0.2, 0) is 0 Å². The highest BCUT2D eigenvalue weighted by atomic mass is 19.1. The minimum absolute atomic E-state index is 0.0238. The van der Waals surface area contributed by atoms with Gasteiger partial charge in [-0.25, -0.2) is 14.4 Å². The van der Waals surface area contributed by atoms with E-state index >= 15 is 0 Å². The van der Waals surface area contributed by atoms with Gasteiger partial charge in [-0.1, -0.05) is 0 Å². The largest absolute Gasteiger partial charge is 0.451 e. The molecule has 0 unspecified atom stereocenters. The first-order valence-corrected chi connectivity index (χ1v) is 10.3. The molecule has 160 valence electrons. The second-order valence-corrected chi connectivity index (χ2v) is 8.56. The molecule has 4 rings (SSSR count). The molecular formula is C22H27FN4O3. The van der Waals surface area contributed by atoms with Crippen LogP contribution in [0.5, 0.6) is 11.5 Å². The molecule has 1 saturated carbocycles. The van der Waals surface area contributed by atoms with E-state index in [1.54, 1.807) is 11.1 Å². The van der Waals surface area contributed by atoms with Crippen molar-refractivity contribution in [3.8, 4) is 11.5 Å². The molecule has 2 aromatic rings. The number of aliphatic hydroxyl groups excluding tert-OH is 1. The van der Waals surface area contributed by atoms with Gasteiger partial charge in [0.1, 0.15) is 17.9 Å². The summed E-state index contributed by atoms with van der Waals surface area (Å²) in [7, 11) is 0. The smallest absolute Gasteiger partial charge is 0.257 e. The van der Waals surface area contributed by atoms with Gasteiger partial charge in [0.15, 0.2) is 11.6 Å². The topological polar surface area (TPSA) is 78.8 Å². The average Bonchev–Trinajstić information content (AvgIpc) is 2.65. The van der Waals surface area contributed by atoms with Gasteiger partial charge in [-0.2, -0.15) is 0 Å². The van der Waals surface area contributed by atoms with Crippen molar-refractivity contribution in [1.82, 2.24) is 14.9 Å². The summed E-state index contributed by atoms with van der Waals surface area (Å²) in [5.41, 5.74) is 0.333. The maximum absolute atomic E-state index is 14.0. The summed E-state index contributed by atoms with van der Waals surface area (Å²) >= 11 is 0. The van der Waals surface area contributed by atoms with E-state index in [1.165, 1.54) is 24.5 Å². The summed E-state index contributed by atoms with van der Waals surface area (Å²) in [5, 5.41) is 9.63. The van der Waals surface area contributed by atoms with E-state index in [4.69, 9.17) is 4.74 Å². The normalized spacial score (nSPS) is 17.6. The molecule has 0 bridgehead atoms. The number of amides is 1. The Morgan fingerprint density at radius 3 is 2.73 bits per heavy atom. The van der Waals surface area contributed by atoms with E-state index < -0.39 is 5.82 Å². The monoisotopic (exact) mass is 414 g/mol. The van der Waals surface area contributed by atoms with Crippen LogP contribution in [-0.4, -0.2) is 57.7 Å². The van der Waals surface area contributed by atoms with E-state index in [0.717, 1.165) is 25.9 Å². The molecule has 2 heterocycles. The fourth-order valence-corrected chi connectivity index (χ4v) is 4.51. The molecule has 1 aliphatic carbocycles. The fourth-order valence-electron chi connectivity index (χ4n) is 4.51. The van der Waals surface area contributed by atoms with Crippen molar-refractivity contribution in [2.75, 3.05) is 24.5 Å². The molecule has 1 N–H and O–H groups in total. The zero-order chi connectivity index (χ0) is 21.5. The van der Waals surface area contributed by atoms with Crippen LogP contribution in [0.15, 0.2) is 30.7 Å². The molecule has 1 aromatic carbocycles. The average molecular weight is 414 g/mol. The number of carbonyl (C=O) groups excluding carboxylic acids is 1. The summed E-state index contributed by atoms with van der Waals surface area (Å²) in [6.07, 6.45) is 4.42. The van der Waals surface area contributed by atoms with Gasteiger partial charge in [-0.05, 0) is 51.8 Å². The Kier molecular flexibility index (Phi) is 5.36. The van der Waals surface area contributed by atoms with Crippen molar-refractivity contribution >= 4 is 11.7 Å². The lowest BCUT2D eigenvalue weighted by Crippen LogP contribution is -2.64. The van der Waals surface area contributed by atoms with Crippen LogP contribution in [0.2, 0.25) is 0 Å². The standard InChI is InChI=1S/C22H27FN4O3/c1-4-27(14(2)3)21(29)17-7-15(23)5-6-18(17)30-19-10-24-13-25-20(19)26-11-22(12-26)8-16(28)9-22/h5-7,10,13-14,16,28H,4,8-9,11-12H2,1-3H3. The first-order chi connectivity index (χ1) is 14.3. The Labute approximate surface area is 175 Å². The van der Waals surface area contributed by atoms with Gasteiger partial charge >= 0.3 is 0 Å². The molecular weight excluding hydrogens is 387 g/mol. The SMILES string of the molecule is CCN(C(=O)c1cc(F)ccc1Oc1cncnc1N1CC2(CC(O)C2)C1)C(C)C. The van der Waals surface area contributed by atoms with Crippen LogP contribution in [0.1, 0.15) is 44.0 Å². The van der Waals surface area contributed by atoms with Gasteiger partial charge in [0.25, 0.3) is 5.91 Å². The molecule has 1 amide bonds. The van der Waals surface area contributed by atoms with Crippen molar-refractivity contribution in [2.45, 2.75) is 45.8 Å². The quantitative estimate of drug-likeness (QED) is 0.782. The second-order valence-electron chi connectivity index (χ2n) is 8.56. The van der Waals surface area contributed by atoms with Crippen LogP contribution in [0.4, 0.5) is 10.2 Å². The number of rotatable bonds is 6. The molecule has 1 spiro atoms. The lowest BCUT2D eigenvalue weighted by atomic mass is 9.62. The van der Waals surface area contributed by atoms with Crippen LogP contribution < -0.4 is 9.64 Å².